The van der Waals surface area contributed by atoms with Crippen molar-refractivity contribution in [2.24, 2.45) is 0 Å². The molecule has 1 aromatic rings. The topological polar surface area (TPSA) is 12.0 Å². The number of hydrogen-bond acceptors (Lipinski definition) is 2. The molecule has 0 radical (unpaired) electrons. The Morgan fingerprint density at radius 3 is 2.47 bits per heavy atom. The first-order chi connectivity index (χ1) is 8.31. The maximum Gasteiger partial charge on any atom is 0.0430 e. The van der Waals surface area contributed by atoms with Crippen LogP contribution in [0.3, 0.4) is 0 Å². The van der Waals surface area contributed by atoms with Gasteiger partial charge in [0.25, 0.3) is 0 Å². The van der Waals surface area contributed by atoms with Gasteiger partial charge in [0.15, 0.2) is 0 Å². The highest BCUT2D eigenvalue weighted by Gasteiger charge is 2.08. The second-order valence-corrected chi connectivity index (χ2v) is 5.08. The van der Waals surface area contributed by atoms with Crippen molar-refractivity contribution in [3.63, 3.8) is 0 Å². The van der Waals surface area contributed by atoms with E-state index in [1.54, 1.807) is 0 Å². The summed E-state index contributed by atoms with van der Waals surface area (Å²) in [7, 11) is 0. The van der Waals surface area contributed by atoms with Crippen LogP contribution in [0.15, 0.2) is 29.2 Å². The largest absolute Gasteiger partial charge is 0.309 e. The van der Waals surface area contributed by atoms with Crippen LogP contribution in [0.1, 0.15) is 38.8 Å². The van der Waals surface area contributed by atoms with Crippen molar-refractivity contribution >= 4 is 11.8 Å². The highest BCUT2D eigenvalue weighted by molar-refractivity contribution is 7.99. The van der Waals surface area contributed by atoms with E-state index in [9.17, 15) is 0 Å². The molecule has 1 rings (SSSR count). The summed E-state index contributed by atoms with van der Waals surface area (Å²) in [4.78, 5) is 1.34. The molecule has 0 bridgehead atoms. The molecule has 2 heteroatoms. The number of nitrogens with one attached hydrogen (secondary N) is 1. The third-order valence-corrected chi connectivity index (χ3v) is 3.42. The van der Waals surface area contributed by atoms with Gasteiger partial charge in [-0.05, 0) is 36.9 Å². The molecule has 0 saturated carbocycles. The Kier molecular flexibility index (Phi) is 6.84. The lowest BCUT2D eigenvalue weighted by molar-refractivity contribution is 0.565. The van der Waals surface area contributed by atoms with E-state index >= 15 is 0 Å². The lowest BCUT2D eigenvalue weighted by Crippen LogP contribution is -2.20. The zero-order chi connectivity index (χ0) is 12.5. The monoisotopic (exact) mass is 247 g/mol. The maximum absolute atomic E-state index is 3.48. The predicted octanol–water partition coefficient (Wildman–Crippen LogP) is 3.86. The van der Waals surface area contributed by atoms with Crippen LogP contribution < -0.4 is 5.32 Å². The molecular formula is C15H21NS. The molecule has 1 aromatic carbocycles. The van der Waals surface area contributed by atoms with E-state index in [1.165, 1.54) is 10.5 Å². The Balaban J connectivity index is 2.74. The summed E-state index contributed by atoms with van der Waals surface area (Å²) in [6, 6.07) is 9.18. The van der Waals surface area contributed by atoms with Gasteiger partial charge in [0.1, 0.15) is 0 Å². The van der Waals surface area contributed by atoms with Crippen molar-refractivity contribution in [3.8, 4) is 11.8 Å². The lowest BCUT2D eigenvalue weighted by Gasteiger charge is -2.16. The SMILES string of the molecule is CC#CCC(NCC)c1ccc(SCC)cc1. The fraction of sp³-hybridized carbons (Fsp3) is 0.467. The Bertz CT molecular complexity index is 372. The van der Waals surface area contributed by atoms with E-state index in [4.69, 9.17) is 0 Å². The molecule has 0 saturated heterocycles. The third kappa shape index (κ3) is 4.85. The van der Waals surface area contributed by atoms with Crippen molar-refractivity contribution in [1.29, 1.82) is 0 Å². The normalized spacial score (nSPS) is 11.7. The smallest absolute Gasteiger partial charge is 0.0430 e. The van der Waals surface area contributed by atoms with Crippen LogP contribution in [-0.2, 0) is 0 Å². The van der Waals surface area contributed by atoms with Crippen molar-refractivity contribution in [1.82, 2.24) is 5.32 Å². The van der Waals surface area contributed by atoms with Gasteiger partial charge < -0.3 is 5.32 Å². The molecular weight excluding hydrogens is 226 g/mol. The summed E-state index contributed by atoms with van der Waals surface area (Å²) in [6.45, 7) is 7.18. The fourth-order valence-corrected chi connectivity index (χ4v) is 2.38. The average molecular weight is 247 g/mol. The van der Waals surface area contributed by atoms with Gasteiger partial charge in [-0.1, -0.05) is 26.0 Å². The Morgan fingerprint density at radius 1 is 1.24 bits per heavy atom. The fourth-order valence-electron chi connectivity index (χ4n) is 1.72. The zero-order valence-corrected chi connectivity index (χ0v) is 11.7. The van der Waals surface area contributed by atoms with Gasteiger partial charge in [0, 0.05) is 17.4 Å². The number of thioether (sulfide) groups is 1. The van der Waals surface area contributed by atoms with Crippen molar-refractivity contribution < 1.29 is 0 Å². The Morgan fingerprint density at radius 2 is 1.94 bits per heavy atom. The molecule has 0 aliphatic rings. The standard InChI is InChI=1S/C15H21NS/c1-4-7-8-15(16-5-2)13-9-11-14(12-10-13)17-6-3/h9-12,15-16H,5-6,8H2,1-3H3. The first-order valence-corrected chi connectivity index (χ1v) is 7.16. The lowest BCUT2D eigenvalue weighted by atomic mass is 10.0. The highest BCUT2D eigenvalue weighted by atomic mass is 32.2. The summed E-state index contributed by atoms with van der Waals surface area (Å²) in [6.07, 6.45) is 0.880. The van der Waals surface area contributed by atoms with E-state index in [-0.39, 0.29) is 0 Å². The predicted molar refractivity (Wildman–Crippen MR) is 77.3 cm³/mol. The highest BCUT2D eigenvalue weighted by Crippen LogP contribution is 2.22. The number of hydrogen-bond donors (Lipinski definition) is 1. The molecule has 0 spiro atoms. The third-order valence-electron chi connectivity index (χ3n) is 2.53. The van der Waals surface area contributed by atoms with Gasteiger partial charge in [-0.25, -0.2) is 0 Å². The Labute approximate surface area is 109 Å². The molecule has 0 heterocycles. The summed E-state index contributed by atoms with van der Waals surface area (Å²) < 4.78 is 0. The van der Waals surface area contributed by atoms with Crippen molar-refractivity contribution in [3.05, 3.63) is 29.8 Å². The molecule has 1 atom stereocenters. The van der Waals surface area contributed by atoms with E-state index < -0.39 is 0 Å². The molecule has 0 aliphatic heterocycles. The van der Waals surface area contributed by atoms with Crippen LogP contribution in [0.2, 0.25) is 0 Å². The van der Waals surface area contributed by atoms with Gasteiger partial charge in [0.05, 0.1) is 0 Å². The summed E-state index contributed by atoms with van der Waals surface area (Å²) in [5.74, 6) is 7.24. The molecule has 92 valence electrons. The van der Waals surface area contributed by atoms with Gasteiger partial charge in [-0.3, -0.25) is 0 Å². The van der Waals surface area contributed by atoms with Crippen LogP contribution >= 0.6 is 11.8 Å². The van der Waals surface area contributed by atoms with Gasteiger partial charge >= 0.3 is 0 Å². The first-order valence-electron chi connectivity index (χ1n) is 6.17. The molecule has 1 N–H and O–H groups in total. The second-order valence-electron chi connectivity index (χ2n) is 3.74. The molecule has 0 fully saturated rings. The van der Waals surface area contributed by atoms with Crippen LogP contribution in [0.5, 0.6) is 0 Å². The molecule has 1 unspecified atom stereocenters. The molecule has 0 amide bonds. The van der Waals surface area contributed by atoms with Crippen molar-refractivity contribution in [2.45, 2.75) is 38.1 Å². The van der Waals surface area contributed by atoms with E-state index in [0.717, 1.165) is 18.7 Å². The number of benzene rings is 1. The van der Waals surface area contributed by atoms with Crippen LogP contribution in [-0.4, -0.2) is 12.3 Å². The molecule has 1 nitrogen and oxygen atoms in total. The van der Waals surface area contributed by atoms with Crippen LogP contribution in [0, 0.1) is 11.8 Å². The molecule has 17 heavy (non-hydrogen) atoms. The zero-order valence-electron chi connectivity index (χ0n) is 10.9. The van der Waals surface area contributed by atoms with Crippen molar-refractivity contribution in [2.75, 3.05) is 12.3 Å². The summed E-state index contributed by atoms with van der Waals surface area (Å²) in [5.41, 5.74) is 1.33. The minimum absolute atomic E-state index is 0.355. The van der Waals surface area contributed by atoms with Gasteiger partial charge in [0.2, 0.25) is 0 Å². The van der Waals surface area contributed by atoms with Crippen LogP contribution in [0.4, 0.5) is 0 Å². The van der Waals surface area contributed by atoms with E-state index in [0.29, 0.717) is 6.04 Å². The first kappa shape index (κ1) is 14.2. The Hall–Kier alpha value is -0.910. The van der Waals surface area contributed by atoms with Gasteiger partial charge in [-0.2, -0.15) is 0 Å². The minimum Gasteiger partial charge on any atom is -0.309 e. The summed E-state index contributed by atoms with van der Waals surface area (Å²) in [5, 5.41) is 3.48. The van der Waals surface area contributed by atoms with E-state index in [1.807, 2.05) is 18.7 Å². The second kappa shape index (κ2) is 8.22. The number of rotatable bonds is 6. The average Bonchev–Trinajstić information content (AvgIpc) is 2.36. The van der Waals surface area contributed by atoms with E-state index in [2.05, 4.69) is 55.3 Å². The molecule has 0 aliphatic carbocycles. The minimum atomic E-state index is 0.355. The van der Waals surface area contributed by atoms with Gasteiger partial charge in [-0.15, -0.1) is 23.6 Å². The van der Waals surface area contributed by atoms with Crippen LogP contribution in [0.25, 0.3) is 0 Å². The molecule has 0 aromatic heterocycles. The maximum atomic E-state index is 3.48. The summed E-state index contributed by atoms with van der Waals surface area (Å²) >= 11 is 1.88. The quantitative estimate of drug-likeness (QED) is 0.605.